The molecule has 0 unspecified atom stereocenters. The van der Waals surface area contributed by atoms with Crippen molar-refractivity contribution >= 4 is 17.7 Å². The van der Waals surface area contributed by atoms with Gasteiger partial charge in [0.2, 0.25) is 5.71 Å². The standard InChI is InChI=1S/C11H19NO4/c1-2-3-4-5-6-7-8-16-11(15)9(12)10(13)14/h12H,2-8H2,1H3,(H,13,14). The highest BCUT2D eigenvalue weighted by Crippen LogP contribution is 2.04. The molecule has 0 saturated carbocycles. The Hall–Kier alpha value is -1.39. The number of esters is 1. The molecule has 5 heteroatoms. The number of carbonyl (C=O) groups excluding carboxylic acids is 1. The number of ether oxygens (including phenoxy) is 1. The molecule has 92 valence electrons. The highest BCUT2D eigenvalue weighted by Gasteiger charge is 2.18. The predicted octanol–water partition coefficient (Wildman–Crippen LogP) is 1.99. The molecule has 0 fully saturated rings. The summed E-state index contributed by atoms with van der Waals surface area (Å²) in [6, 6.07) is 0. The minimum atomic E-state index is -1.55. The van der Waals surface area contributed by atoms with Gasteiger partial charge in [0.15, 0.2) is 0 Å². The number of hydrogen-bond donors (Lipinski definition) is 2. The smallest absolute Gasteiger partial charge is 0.363 e. The molecule has 0 heterocycles. The Balaban J connectivity index is 3.42. The molecule has 0 aromatic carbocycles. The van der Waals surface area contributed by atoms with E-state index in [9.17, 15) is 9.59 Å². The van der Waals surface area contributed by atoms with Gasteiger partial charge in [-0.3, -0.25) is 5.41 Å². The van der Waals surface area contributed by atoms with Crippen LogP contribution in [0.1, 0.15) is 45.4 Å². The summed E-state index contributed by atoms with van der Waals surface area (Å²) in [4.78, 5) is 21.1. The van der Waals surface area contributed by atoms with Crippen molar-refractivity contribution in [2.24, 2.45) is 0 Å². The van der Waals surface area contributed by atoms with Crippen LogP contribution in [0.15, 0.2) is 0 Å². The van der Waals surface area contributed by atoms with Crippen LogP contribution in [0.25, 0.3) is 0 Å². The molecule has 0 rings (SSSR count). The molecule has 0 amide bonds. The van der Waals surface area contributed by atoms with Gasteiger partial charge in [-0.1, -0.05) is 39.0 Å². The van der Waals surface area contributed by atoms with Crippen molar-refractivity contribution in [2.75, 3.05) is 6.61 Å². The van der Waals surface area contributed by atoms with Crippen LogP contribution in [-0.2, 0) is 14.3 Å². The summed E-state index contributed by atoms with van der Waals surface area (Å²) in [5.74, 6) is -2.60. The molecule has 0 aliphatic rings. The van der Waals surface area contributed by atoms with Crippen LogP contribution < -0.4 is 0 Å². The molecular weight excluding hydrogens is 210 g/mol. The molecule has 0 aromatic heterocycles. The molecule has 0 radical (unpaired) electrons. The van der Waals surface area contributed by atoms with Crippen molar-refractivity contribution in [3.63, 3.8) is 0 Å². The van der Waals surface area contributed by atoms with Crippen LogP contribution in [0.5, 0.6) is 0 Å². The number of carbonyl (C=O) groups is 2. The van der Waals surface area contributed by atoms with Crippen LogP contribution in [-0.4, -0.2) is 29.4 Å². The van der Waals surface area contributed by atoms with Crippen molar-refractivity contribution in [1.82, 2.24) is 0 Å². The number of rotatable bonds is 9. The van der Waals surface area contributed by atoms with Gasteiger partial charge < -0.3 is 9.84 Å². The van der Waals surface area contributed by atoms with Gasteiger partial charge >= 0.3 is 11.9 Å². The van der Waals surface area contributed by atoms with E-state index < -0.39 is 17.7 Å². The van der Waals surface area contributed by atoms with Crippen LogP contribution in [0.2, 0.25) is 0 Å². The first-order valence-corrected chi connectivity index (χ1v) is 5.58. The van der Waals surface area contributed by atoms with Gasteiger partial charge in [-0.2, -0.15) is 0 Å². The fraction of sp³-hybridized carbons (Fsp3) is 0.727. The lowest BCUT2D eigenvalue weighted by molar-refractivity contribution is -0.138. The number of carboxylic acid groups (broad SMARTS) is 1. The first kappa shape index (κ1) is 14.6. The molecule has 5 nitrogen and oxygen atoms in total. The van der Waals surface area contributed by atoms with Crippen molar-refractivity contribution in [2.45, 2.75) is 45.4 Å². The molecule has 0 aliphatic heterocycles. The topological polar surface area (TPSA) is 87.5 Å². The normalized spacial score (nSPS) is 9.81. The lowest BCUT2D eigenvalue weighted by Crippen LogP contribution is -2.25. The second-order valence-corrected chi connectivity index (χ2v) is 3.58. The summed E-state index contributed by atoms with van der Waals surface area (Å²) in [6.07, 6.45) is 6.36. The van der Waals surface area contributed by atoms with Crippen molar-refractivity contribution in [1.29, 1.82) is 5.41 Å². The van der Waals surface area contributed by atoms with E-state index >= 15 is 0 Å². The van der Waals surface area contributed by atoms with Crippen molar-refractivity contribution < 1.29 is 19.4 Å². The minimum absolute atomic E-state index is 0.195. The summed E-state index contributed by atoms with van der Waals surface area (Å²) >= 11 is 0. The average molecular weight is 229 g/mol. The lowest BCUT2D eigenvalue weighted by atomic mass is 10.1. The third kappa shape index (κ3) is 6.98. The van der Waals surface area contributed by atoms with E-state index in [0.717, 1.165) is 19.3 Å². The summed E-state index contributed by atoms with van der Waals surface area (Å²) in [5.41, 5.74) is -1.01. The van der Waals surface area contributed by atoms with Gasteiger partial charge in [0, 0.05) is 0 Å². The van der Waals surface area contributed by atoms with E-state index in [1.54, 1.807) is 0 Å². The minimum Gasteiger partial charge on any atom is -0.476 e. The van der Waals surface area contributed by atoms with E-state index in [0.29, 0.717) is 0 Å². The van der Waals surface area contributed by atoms with Crippen molar-refractivity contribution in [3.05, 3.63) is 0 Å². The largest absolute Gasteiger partial charge is 0.476 e. The molecule has 0 saturated heterocycles. The van der Waals surface area contributed by atoms with E-state index in [2.05, 4.69) is 11.7 Å². The first-order valence-electron chi connectivity index (χ1n) is 5.58. The number of nitrogens with one attached hydrogen (secondary N) is 1. The monoisotopic (exact) mass is 229 g/mol. The van der Waals surface area contributed by atoms with Gasteiger partial charge in [-0.25, -0.2) is 9.59 Å². The number of aliphatic carboxylic acids is 1. The Labute approximate surface area is 95.3 Å². The molecule has 0 spiro atoms. The van der Waals surface area contributed by atoms with E-state index in [1.165, 1.54) is 19.3 Å². The van der Waals surface area contributed by atoms with Crippen LogP contribution in [0.4, 0.5) is 0 Å². The molecule has 0 atom stereocenters. The third-order valence-corrected chi connectivity index (χ3v) is 2.15. The Bertz CT molecular complexity index is 250. The second kappa shape index (κ2) is 8.88. The maximum Gasteiger partial charge on any atom is 0.363 e. The SMILES string of the molecule is CCCCCCCCOC(=O)C(=N)C(=O)O. The fourth-order valence-corrected chi connectivity index (χ4v) is 1.21. The third-order valence-electron chi connectivity index (χ3n) is 2.15. The highest BCUT2D eigenvalue weighted by atomic mass is 16.5. The zero-order chi connectivity index (χ0) is 12.4. The highest BCUT2D eigenvalue weighted by molar-refractivity contribution is 6.61. The Morgan fingerprint density at radius 3 is 2.25 bits per heavy atom. The first-order chi connectivity index (χ1) is 7.59. The molecule has 0 aromatic rings. The van der Waals surface area contributed by atoms with E-state index in [4.69, 9.17) is 10.5 Å². The van der Waals surface area contributed by atoms with Gasteiger partial charge in [0.1, 0.15) is 0 Å². The molecule has 0 aliphatic carbocycles. The predicted molar refractivity (Wildman–Crippen MR) is 59.7 cm³/mol. The van der Waals surface area contributed by atoms with Gasteiger partial charge in [0.25, 0.3) is 0 Å². The van der Waals surface area contributed by atoms with Gasteiger partial charge in [-0.15, -0.1) is 0 Å². The maximum absolute atomic E-state index is 10.9. The summed E-state index contributed by atoms with van der Waals surface area (Å²) in [5, 5.41) is 15.2. The Morgan fingerprint density at radius 2 is 1.69 bits per heavy atom. The Kier molecular flexibility index (Phi) is 8.11. The Morgan fingerprint density at radius 1 is 1.12 bits per heavy atom. The van der Waals surface area contributed by atoms with E-state index in [1.807, 2.05) is 0 Å². The molecule has 0 bridgehead atoms. The van der Waals surface area contributed by atoms with Gasteiger partial charge in [0.05, 0.1) is 6.61 Å². The summed E-state index contributed by atoms with van der Waals surface area (Å²) < 4.78 is 4.63. The zero-order valence-corrected chi connectivity index (χ0v) is 9.62. The fourth-order valence-electron chi connectivity index (χ4n) is 1.21. The van der Waals surface area contributed by atoms with Crippen molar-refractivity contribution in [3.8, 4) is 0 Å². The summed E-state index contributed by atoms with van der Waals surface area (Å²) in [6.45, 7) is 2.33. The number of carboxylic acids is 1. The summed E-state index contributed by atoms with van der Waals surface area (Å²) in [7, 11) is 0. The van der Waals surface area contributed by atoms with Gasteiger partial charge in [-0.05, 0) is 6.42 Å². The average Bonchev–Trinajstić information content (AvgIpc) is 2.26. The van der Waals surface area contributed by atoms with Crippen LogP contribution in [0.3, 0.4) is 0 Å². The van der Waals surface area contributed by atoms with Crippen LogP contribution >= 0.6 is 0 Å². The second-order valence-electron chi connectivity index (χ2n) is 3.58. The molecular formula is C11H19NO4. The lowest BCUT2D eigenvalue weighted by Gasteiger charge is -2.03. The maximum atomic E-state index is 10.9. The molecule has 16 heavy (non-hydrogen) atoms. The quantitative estimate of drug-likeness (QED) is 0.274. The number of hydrogen-bond acceptors (Lipinski definition) is 4. The van der Waals surface area contributed by atoms with E-state index in [-0.39, 0.29) is 6.61 Å². The van der Waals surface area contributed by atoms with Crippen LogP contribution in [0, 0.1) is 5.41 Å². The molecule has 2 N–H and O–H groups in total. The zero-order valence-electron chi connectivity index (χ0n) is 9.62. The number of unbranched alkanes of at least 4 members (excludes halogenated alkanes) is 5.